The number of carbonyl (C=O) groups is 6. The lowest BCUT2D eigenvalue weighted by Crippen LogP contribution is -2.63. The highest BCUT2D eigenvalue weighted by Gasteiger charge is 2.64. The van der Waals surface area contributed by atoms with E-state index in [9.17, 15) is 33.9 Å². The van der Waals surface area contributed by atoms with Crippen molar-refractivity contribution in [2.45, 2.75) is 135 Å². The molecular weight excluding hydrogens is 914 g/mol. The number of aliphatic hydroxyl groups is 1. The van der Waals surface area contributed by atoms with E-state index < -0.39 is 71.8 Å². The van der Waals surface area contributed by atoms with Gasteiger partial charge in [0, 0.05) is 58.1 Å². The predicted molar refractivity (Wildman–Crippen MR) is 258 cm³/mol. The SMILES string of the molecule is COc1cc2cc(c1Cl)N(C)C(=O)C[C@H](OC(=O)[C@H](C)N(C)C(=O)CCCCCNC(=O)OCc1ccc(NC(=O)C(C)C)cc1)[C@]1(C)OC1[C@@H](C)C1C[C@@](O)(NC(=O)O1)[C@H](OC)/C=C/C=C(\C)C2. The van der Waals surface area contributed by atoms with Gasteiger partial charge in [-0.05, 0) is 75.4 Å². The van der Waals surface area contributed by atoms with E-state index in [1.807, 2.05) is 13.0 Å². The Morgan fingerprint density at radius 1 is 1.07 bits per heavy atom. The summed E-state index contributed by atoms with van der Waals surface area (Å²) in [6, 6.07) is 9.52. The molecule has 5 rings (SSSR count). The molecule has 5 amide bonds. The minimum absolute atomic E-state index is 0.0528. The minimum Gasteiger partial charge on any atom is -0.495 e. The van der Waals surface area contributed by atoms with Crippen molar-refractivity contribution in [3.63, 3.8) is 0 Å². The molecule has 3 aliphatic rings. The van der Waals surface area contributed by atoms with Crippen LogP contribution in [0.5, 0.6) is 5.75 Å². The van der Waals surface area contributed by atoms with Crippen molar-refractivity contribution in [2.24, 2.45) is 11.8 Å². The number of esters is 1. The van der Waals surface area contributed by atoms with Crippen molar-refractivity contribution in [2.75, 3.05) is 45.1 Å². The summed E-state index contributed by atoms with van der Waals surface area (Å²) in [7, 11) is 5.96. The van der Waals surface area contributed by atoms with Gasteiger partial charge in [0.1, 0.15) is 47.3 Å². The Morgan fingerprint density at radius 3 is 2.45 bits per heavy atom. The van der Waals surface area contributed by atoms with Gasteiger partial charge < -0.3 is 54.0 Å². The summed E-state index contributed by atoms with van der Waals surface area (Å²) < 4.78 is 34.7. The third-order valence-corrected chi connectivity index (χ3v) is 13.4. The zero-order valence-corrected chi connectivity index (χ0v) is 42.0. The van der Waals surface area contributed by atoms with Crippen LogP contribution < -0.4 is 25.6 Å². The van der Waals surface area contributed by atoms with Crippen LogP contribution in [0.1, 0.15) is 91.2 Å². The molecule has 4 N–H and O–H groups in total. The molecule has 3 aliphatic heterocycles. The fourth-order valence-corrected chi connectivity index (χ4v) is 8.65. The molecule has 18 nitrogen and oxygen atoms in total. The maximum atomic E-state index is 14.3. The quantitative estimate of drug-likeness (QED) is 0.0640. The number of ether oxygens (including phenoxy) is 6. The van der Waals surface area contributed by atoms with Gasteiger partial charge in [-0.25, -0.2) is 14.4 Å². The van der Waals surface area contributed by atoms with Crippen LogP contribution >= 0.6 is 11.6 Å². The number of hydrogen-bond donors (Lipinski definition) is 4. The highest BCUT2D eigenvalue weighted by molar-refractivity contribution is 6.35. The topological polar surface area (TPSA) is 224 Å². The van der Waals surface area contributed by atoms with Gasteiger partial charge in [-0.2, -0.15) is 0 Å². The predicted octanol–water partition coefficient (Wildman–Crippen LogP) is 6.60. The number of unbranched alkanes of at least 4 members (excludes halogenated alkanes) is 2. The number of rotatable bonds is 15. The van der Waals surface area contributed by atoms with Gasteiger partial charge in [-0.15, -0.1) is 0 Å². The van der Waals surface area contributed by atoms with Gasteiger partial charge in [-0.1, -0.05) is 74.7 Å². The molecule has 0 spiro atoms. The van der Waals surface area contributed by atoms with Crippen molar-refractivity contribution in [3.05, 3.63) is 76.3 Å². The van der Waals surface area contributed by atoms with Crippen molar-refractivity contribution in [1.29, 1.82) is 0 Å². The van der Waals surface area contributed by atoms with Crippen LogP contribution in [-0.2, 0) is 55.9 Å². The first-order valence-corrected chi connectivity index (χ1v) is 23.6. The molecule has 3 heterocycles. The van der Waals surface area contributed by atoms with Gasteiger partial charge in [0.25, 0.3) is 0 Å². The minimum atomic E-state index is -1.86. The summed E-state index contributed by atoms with van der Waals surface area (Å²) in [5, 5.41) is 20.1. The lowest BCUT2D eigenvalue weighted by molar-refractivity contribution is -0.162. The van der Waals surface area contributed by atoms with Crippen molar-refractivity contribution < 1.29 is 62.3 Å². The van der Waals surface area contributed by atoms with Crippen molar-refractivity contribution in [1.82, 2.24) is 15.5 Å². The number of anilines is 2. The Labute approximate surface area is 409 Å². The molecular formula is C50H68ClN5O13. The maximum Gasteiger partial charge on any atom is 0.409 e. The summed E-state index contributed by atoms with van der Waals surface area (Å²) in [5.41, 5.74) is 0.341. The maximum absolute atomic E-state index is 14.3. The van der Waals surface area contributed by atoms with Crippen LogP contribution in [0.15, 0.2) is 60.2 Å². The van der Waals surface area contributed by atoms with Crippen LogP contribution in [0, 0.1) is 11.8 Å². The average molecular weight is 983 g/mol. The van der Waals surface area contributed by atoms with E-state index in [0.717, 1.165) is 16.7 Å². The van der Waals surface area contributed by atoms with Crippen molar-refractivity contribution >= 4 is 58.9 Å². The smallest absolute Gasteiger partial charge is 0.409 e. The van der Waals surface area contributed by atoms with Gasteiger partial charge in [0.2, 0.25) is 17.7 Å². The molecule has 0 aromatic heterocycles. The second kappa shape index (κ2) is 23.7. The Hall–Kier alpha value is -5.69. The Morgan fingerprint density at radius 2 is 1.78 bits per heavy atom. The van der Waals surface area contributed by atoms with E-state index >= 15 is 0 Å². The summed E-state index contributed by atoms with van der Waals surface area (Å²) in [6.45, 7) is 10.9. The second-order valence-corrected chi connectivity index (χ2v) is 18.9. The lowest BCUT2D eigenvalue weighted by Gasteiger charge is -2.42. The van der Waals surface area contributed by atoms with Gasteiger partial charge >= 0.3 is 18.2 Å². The second-order valence-electron chi connectivity index (χ2n) is 18.6. The lowest BCUT2D eigenvalue weighted by atomic mass is 9.83. The summed E-state index contributed by atoms with van der Waals surface area (Å²) in [6.07, 6.45) is 1.83. The molecule has 19 heteroatoms. The largest absolute Gasteiger partial charge is 0.495 e. The Balaban J connectivity index is 1.22. The number of halogens is 1. The summed E-state index contributed by atoms with van der Waals surface area (Å²) in [5.74, 6) is -2.01. The highest BCUT2D eigenvalue weighted by Crippen LogP contribution is 2.49. The fraction of sp³-hybridized carbons (Fsp3) is 0.560. The van der Waals surface area contributed by atoms with Crippen LogP contribution in [0.3, 0.4) is 0 Å². The van der Waals surface area contributed by atoms with E-state index in [2.05, 4.69) is 16.0 Å². The van der Waals surface area contributed by atoms with Gasteiger partial charge in [0.05, 0.1) is 25.3 Å². The van der Waals surface area contributed by atoms with E-state index in [1.54, 1.807) is 83.3 Å². The molecule has 2 aromatic carbocycles. The number of nitrogens with one attached hydrogen (secondary N) is 3. The van der Waals surface area contributed by atoms with Gasteiger partial charge in [-0.3, -0.25) is 19.7 Å². The third kappa shape index (κ3) is 14.0. The molecule has 2 saturated heterocycles. The summed E-state index contributed by atoms with van der Waals surface area (Å²) >= 11 is 6.80. The molecule has 2 aromatic rings. The molecule has 0 radical (unpaired) electrons. The molecule has 69 heavy (non-hydrogen) atoms. The number of hydrogen-bond acceptors (Lipinski definition) is 13. The first-order valence-electron chi connectivity index (χ1n) is 23.3. The van der Waals surface area contributed by atoms with Crippen LogP contribution in [0.4, 0.5) is 21.0 Å². The monoisotopic (exact) mass is 981 g/mol. The Bertz CT molecular complexity index is 2250. The summed E-state index contributed by atoms with van der Waals surface area (Å²) in [4.78, 5) is 81.5. The molecule has 4 bridgehead atoms. The first-order chi connectivity index (χ1) is 32.6. The number of fused-ring (bicyclic) bond motifs is 5. The Kier molecular flexibility index (Phi) is 18.7. The zero-order valence-electron chi connectivity index (χ0n) is 41.2. The van der Waals surface area contributed by atoms with Crippen LogP contribution in [-0.4, -0.2) is 123 Å². The molecule has 0 saturated carbocycles. The zero-order chi connectivity index (χ0) is 50.8. The standard InChI is InChI=1S/C50H68ClN5O13/c1-29(2)45(59)53-35-20-18-33(19-21-35)28-66-47(61)52-22-13-11-12-17-41(57)55(7)32(5)46(60)68-40-26-42(58)56(8)36-24-34(25-37(64-9)43(36)51)23-30(3)15-14-16-39(65-10)50(63)27-38(67-48(62)54-50)31(4)44-49(40,6)69-44/h14-16,18-21,24-25,29,31-32,38-40,44,63H,11-13,17,22-23,26-28H2,1-10H3,(H,52,61)(H,53,59)(H,54,62)/b16-14+,30-15+/t31-,32-,38?,39+,40-,44?,49-,50-/m0/s1. The van der Waals surface area contributed by atoms with E-state index in [1.165, 1.54) is 38.0 Å². The molecule has 0 aliphatic carbocycles. The number of alkyl carbamates (subject to hydrolysis) is 2. The van der Waals surface area contributed by atoms with Crippen LogP contribution in [0.25, 0.3) is 0 Å². The van der Waals surface area contributed by atoms with E-state index in [4.69, 9.17) is 40.0 Å². The third-order valence-electron chi connectivity index (χ3n) is 13.0. The molecule has 8 atom stereocenters. The highest BCUT2D eigenvalue weighted by atomic mass is 35.5. The number of benzene rings is 2. The number of amides is 5. The number of allylic oxidation sites excluding steroid dienone is 3. The number of nitrogens with zero attached hydrogens (tertiary/aromatic N) is 2. The fourth-order valence-electron chi connectivity index (χ4n) is 8.33. The number of likely N-dealkylation sites (N-methyl/N-ethyl adjacent to an activating group) is 1. The van der Waals surface area contributed by atoms with Crippen molar-refractivity contribution in [3.8, 4) is 5.75 Å². The first kappa shape index (κ1) is 54.3. The van der Waals surface area contributed by atoms with E-state index in [-0.39, 0.29) is 48.6 Å². The van der Waals surface area contributed by atoms with Crippen LogP contribution in [0.2, 0.25) is 5.02 Å². The normalized spacial score (nSPS) is 26.5. The van der Waals surface area contributed by atoms with Gasteiger partial charge in [0.15, 0.2) is 5.72 Å². The number of carbonyl (C=O) groups excluding carboxylic acids is 6. The molecule has 2 fully saturated rings. The number of methoxy groups -OCH3 is 2. The molecule has 378 valence electrons. The average Bonchev–Trinajstić information content (AvgIpc) is 4.01. The number of epoxide rings is 1. The molecule has 2 unspecified atom stereocenters. The van der Waals surface area contributed by atoms with E-state index in [0.29, 0.717) is 49.4 Å².